The maximum absolute atomic E-state index is 11.3. The van der Waals surface area contributed by atoms with E-state index in [1.54, 1.807) is 12.1 Å². The summed E-state index contributed by atoms with van der Waals surface area (Å²) in [6.45, 7) is -0.433. The molecule has 0 saturated heterocycles. The third-order valence-electron chi connectivity index (χ3n) is 1.63. The number of carbonyl (C=O) groups excluding carboxylic acids is 1. The largest absolute Gasteiger partial charge is 0.748 e. The molecule has 7 heteroatoms. The van der Waals surface area contributed by atoms with Gasteiger partial charge in [-0.05, 0) is 18.2 Å². The minimum atomic E-state index is -4.35. The molecule has 0 fully saturated rings. The molecular weight excluding hydrogens is 300 g/mol. The first-order valence-corrected chi connectivity index (χ1v) is 6.62. The van der Waals surface area contributed by atoms with Crippen LogP contribution in [0.3, 0.4) is 0 Å². The maximum Gasteiger partial charge on any atom is 0.338 e. The standard InChI is InChI=1S/C9H9BrO5S/c10-8-3-1-2-7(6-8)9(11)15-4-5-16(12,13)14/h1-3,6H,4-5H2,(H,12,13,14)/p-1. The molecular formula is C9H8BrO5S-. The average molecular weight is 308 g/mol. The highest BCUT2D eigenvalue weighted by molar-refractivity contribution is 9.10. The van der Waals surface area contributed by atoms with E-state index in [-0.39, 0.29) is 5.56 Å². The molecule has 0 aliphatic heterocycles. The highest BCUT2D eigenvalue weighted by Gasteiger charge is 2.07. The number of rotatable bonds is 4. The van der Waals surface area contributed by atoms with Crippen molar-refractivity contribution >= 4 is 32.0 Å². The molecule has 0 aliphatic carbocycles. The van der Waals surface area contributed by atoms with Crippen LogP contribution in [0.1, 0.15) is 10.4 Å². The Morgan fingerprint density at radius 1 is 1.44 bits per heavy atom. The molecule has 0 saturated carbocycles. The molecule has 0 heterocycles. The van der Waals surface area contributed by atoms with Gasteiger partial charge in [0.15, 0.2) is 0 Å². The van der Waals surface area contributed by atoms with Crippen LogP contribution < -0.4 is 0 Å². The average Bonchev–Trinajstić information content (AvgIpc) is 2.15. The van der Waals surface area contributed by atoms with Crippen LogP contribution >= 0.6 is 15.9 Å². The highest BCUT2D eigenvalue weighted by Crippen LogP contribution is 2.12. The molecule has 0 atom stereocenters. The first-order valence-electron chi connectivity index (χ1n) is 4.25. The Labute approximate surface area is 101 Å². The van der Waals surface area contributed by atoms with Gasteiger partial charge in [0.05, 0.1) is 21.4 Å². The number of hydrogen-bond donors (Lipinski definition) is 0. The van der Waals surface area contributed by atoms with Gasteiger partial charge < -0.3 is 9.29 Å². The molecule has 5 nitrogen and oxygen atoms in total. The van der Waals surface area contributed by atoms with E-state index in [0.717, 1.165) is 0 Å². The molecule has 88 valence electrons. The van der Waals surface area contributed by atoms with Crippen molar-refractivity contribution in [2.45, 2.75) is 0 Å². The van der Waals surface area contributed by atoms with E-state index >= 15 is 0 Å². The van der Waals surface area contributed by atoms with Gasteiger partial charge in [0, 0.05) is 4.47 Å². The second-order valence-corrected chi connectivity index (χ2v) is 5.35. The van der Waals surface area contributed by atoms with Crippen LogP contribution in [-0.2, 0) is 14.9 Å². The SMILES string of the molecule is O=C(OCCS(=O)(=O)[O-])c1cccc(Br)c1. The molecule has 0 amide bonds. The molecule has 0 radical (unpaired) electrons. The summed E-state index contributed by atoms with van der Waals surface area (Å²) in [6, 6.07) is 6.44. The Morgan fingerprint density at radius 3 is 2.69 bits per heavy atom. The van der Waals surface area contributed by atoms with E-state index in [2.05, 4.69) is 20.7 Å². The predicted molar refractivity (Wildman–Crippen MR) is 59.0 cm³/mol. The van der Waals surface area contributed by atoms with E-state index in [1.165, 1.54) is 12.1 Å². The second-order valence-electron chi connectivity index (χ2n) is 2.91. The van der Waals surface area contributed by atoms with E-state index in [1.807, 2.05) is 0 Å². The van der Waals surface area contributed by atoms with Gasteiger partial charge in [0.25, 0.3) is 0 Å². The zero-order valence-electron chi connectivity index (χ0n) is 8.05. The van der Waals surface area contributed by atoms with Crippen molar-refractivity contribution in [2.24, 2.45) is 0 Å². The molecule has 0 unspecified atom stereocenters. The van der Waals surface area contributed by atoms with Crippen molar-refractivity contribution in [1.82, 2.24) is 0 Å². The van der Waals surface area contributed by atoms with Gasteiger partial charge in [0.2, 0.25) is 0 Å². The number of esters is 1. The Bertz CT molecular complexity index is 482. The summed E-state index contributed by atoms with van der Waals surface area (Å²) in [4.78, 5) is 11.3. The topological polar surface area (TPSA) is 83.5 Å². The lowest BCUT2D eigenvalue weighted by molar-refractivity contribution is 0.0528. The van der Waals surface area contributed by atoms with Crippen LogP contribution in [0.2, 0.25) is 0 Å². The summed E-state index contributed by atoms with van der Waals surface area (Å²) in [5, 5.41) is 0. The zero-order valence-corrected chi connectivity index (χ0v) is 10.5. The van der Waals surface area contributed by atoms with Crippen LogP contribution in [0.5, 0.6) is 0 Å². The third-order valence-corrected chi connectivity index (χ3v) is 2.79. The van der Waals surface area contributed by atoms with Gasteiger partial charge in [0.1, 0.15) is 6.61 Å². The maximum atomic E-state index is 11.3. The minimum absolute atomic E-state index is 0.290. The summed E-state index contributed by atoms with van der Waals surface area (Å²) in [5.41, 5.74) is 0.290. The molecule has 0 spiro atoms. The summed E-state index contributed by atoms with van der Waals surface area (Å²) < 4.78 is 36.1. The van der Waals surface area contributed by atoms with Crippen molar-refractivity contribution in [3.05, 3.63) is 34.3 Å². The normalized spacial score (nSPS) is 11.1. The van der Waals surface area contributed by atoms with Gasteiger partial charge in [-0.3, -0.25) is 0 Å². The zero-order chi connectivity index (χ0) is 12.2. The number of carbonyl (C=O) groups is 1. The Kier molecular flexibility index (Phi) is 4.45. The van der Waals surface area contributed by atoms with Crippen molar-refractivity contribution in [1.29, 1.82) is 0 Å². The van der Waals surface area contributed by atoms with Gasteiger partial charge in [-0.1, -0.05) is 22.0 Å². The van der Waals surface area contributed by atoms with Crippen LogP contribution in [0.4, 0.5) is 0 Å². The third kappa shape index (κ3) is 4.73. The fourth-order valence-electron chi connectivity index (χ4n) is 0.935. The Hall–Kier alpha value is -0.920. The molecule has 16 heavy (non-hydrogen) atoms. The van der Waals surface area contributed by atoms with Crippen molar-refractivity contribution in [3.8, 4) is 0 Å². The van der Waals surface area contributed by atoms with E-state index in [0.29, 0.717) is 4.47 Å². The molecule has 1 aromatic carbocycles. The van der Waals surface area contributed by atoms with Gasteiger partial charge in [-0.15, -0.1) is 0 Å². The van der Waals surface area contributed by atoms with Crippen molar-refractivity contribution in [3.63, 3.8) is 0 Å². The van der Waals surface area contributed by atoms with Crippen LogP contribution in [-0.4, -0.2) is 31.3 Å². The smallest absolute Gasteiger partial charge is 0.338 e. The lowest BCUT2D eigenvalue weighted by Crippen LogP contribution is -2.14. The lowest BCUT2D eigenvalue weighted by atomic mass is 10.2. The molecule has 0 N–H and O–H groups in total. The van der Waals surface area contributed by atoms with Crippen molar-refractivity contribution < 1.29 is 22.5 Å². The fraction of sp³-hybridized carbons (Fsp3) is 0.222. The quantitative estimate of drug-likeness (QED) is 0.615. The summed E-state index contributed by atoms with van der Waals surface area (Å²) in [6.07, 6.45) is 0. The first-order chi connectivity index (χ1) is 7.38. The van der Waals surface area contributed by atoms with E-state index in [4.69, 9.17) is 0 Å². The van der Waals surface area contributed by atoms with Gasteiger partial charge >= 0.3 is 5.97 Å². The highest BCUT2D eigenvalue weighted by atomic mass is 79.9. The van der Waals surface area contributed by atoms with Crippen LogP contribution in [0.15, 0.2) is 28.7 Å². The molecule has 0 aromatic heterocycles. The van der Waals surface area contributed by atoms with Crippen LogP contribution in [0.25, 0.3) is 0 Å². The molecule has 1 rings (SSSR count). The predicted octanol–water partition coefficient (Wildman–Crippen LogP) is 1.15. The second kappa shape index (κ2) is 5.42. The Morgan fingerprint density at radius 2 is 2.12 bits per heavy atom. The lowest BCUT2D eigenvalue weighted by Gasteiger charge is -2.07. The molecule has 0 bridgehead atoms. The monoisotopic (exact) mass is 307 g/mol. The van der Waals surface area contributed by atoms with Crippen LogP contribution in [0, 0.1) is 0 Å². The fourth-order valence-corrected chi connectivity index (χ4v) is 1.62. The van der Waals surface area contributed by atoms with E-state index < -0.39 is 28.4 Å². The summed E-state index contributed by atoms with van der Waals surface area (Å²) >= 11 is 3.18. The Balaban J connectivity index is 2.54. The molecule has 0 aliphatic rings. The van der Waals surface area contributed by atoms with Gasteiger partial charge in [-0.25, -0.2) is 13.2 Å². The number of ether oxygens (including phenoxy) is 1. The summed E-state index contributed by atoms with van der Waals surface area (Å²) in [5.74, 6) is -1.38. The number of benzene rings is 1. The van der Waals surface area contributed by atoms with Crippen molar-refractivity contribution in [2.75, 3.05) is 12.4 Å². The summed E-state index contributed by atoms with van der Waals surface area (Å²) in [7, 11) is -4.35. The number of hydrogen-bond acceptors (Lipinski definition) is 5. The minimum Gasteiger partial charge on any atom is -0.748 e. The van der Waals surface area contributed by atoms with Gasteiger partial charge in [-0.2, -0.15) is 0 Å². The first kappa shape index (κ1) is 13.1. The van der Waals surface area contributed by atoms with E-state index in [9.17, 15) is 17.8 Å². The molecule has 1 aromatic rings. The number of halogens is 1.